The van der Waals surface area contributed by atoms with Crippen LogP contribution in [0, 0.1) is 5.82 Å². The quantitative estimate of drug-likeness (QED) is 0.682. The van der Waals surface area contributed by atoms with Gasteiger partial charge in [-0.3, -0.25) is 0 Å². The maximum absolute atomic E-state index is 12.7. The van der Waals surface area contributed by atoms with E-state index in [9.17, 15) is 4.39 Å². The van der Waals surface area contributed by atoms with Crippen LogP contribution in [0.1, 0.15) is 5.56 Å². The van der Waals surface area contributed by atoms with E-state index in [2.05, 4.69) is 0 Å². The summed E-state index contributed by atoms with van der Waals surface area (Å²) in [5, 5.41) is 8.97. The van der Waals surface area contributed by atoms with Crippen molar-refractivity contribution < 1.29 is 9.50 Å². The van der Waals surface area contributed by atoms with Crippen molar-refractivity contribution in [2.75, 3.05) is 0 Å². The van der Waals surface area contributed by atoms with Gasteiger partial charge in [0.05, 0.1) is 16.7 Å². The van der Waals surface area contributed by atoms with Crippen LogP contribution >= 0.6 is 23.2 Å². The maximum atomic E-state index is 12.7. The lowest BCUT2D eigenvalue weighted by Crippen LogP contribution is -1.90. The summed E-state index contributed by atoms with van der Waals surface area (Å²) < 4.78 is 12.7. The van der Waals surface area contributed by atoms with E-state index in [4.69, 9.17) is 28.3 Å². The van der Waals surface area contributed by atoms with Crippen LogP contribution in [0.3, 0.4) is 0 Å². The molecule has 0 saturated carbocycles. The predicted molar refractivity (Wildman–Crippen MR) is 42.3 cm³/mol. The molecule has 0 unspecified atom stereocenters. The Hall–Kier alpha value is -0.310. The molecular formula is C7H5Cl2FO. The zero-order valence-corrected chi connectivity index (χ0v) is 6.95. The van der Waals surface area contributed by atoms with E-state index in [1.165, 1.54) is 12.1 Å². The lowest BCUT2D eigenvalue weighted by molar-refractivity contribution is 0.276. The SMILES string of the molecule is OCc1c(F)ccc(Cl)c1Cl. The van der Waals surface area contributed by atoms with Gasteiger partial charge in [-0.25, -0.2) is 4.39 Å². The molecule has 1 nitrogen and oxygen atoms in total. The minimum Gasteiger partial charge on any atom is -0.392 e. The zero-order valence-electron chi connectivity index (χ0n) is 5.44. The second-order valence-corrected chi connectivity index (χ2v) is 2.77. The fourth-order valence-corrected chi connectivity index (χ4v) is 1.10. The number of benzene rings is 1. The van der Waals surface area contributed by atoms with Gasteiger partial charge in [0.2, 0.25) is 0 Å². The smallest absolute Gasteiger partial charge is 0.130 e. The molecule has 4 heteroatoms. The number of halogens is 3. The molecule has 0 atom stereocenters. The van der Waals surface area contributed by atoms with E-state index in [1.807, 2.05) is 0 Å². The summed E-state index contributed by atoms with van der Waals surface area (Å²) >= 11 is 11.1. The Kier molecular flexibility index (Phi) is 2.71. The van der Waals surface area contributed by atoms with Gasteiger partial charge < -0.3 is 5.11 Å². The Labute approximate surface area is 73.4 Å². The Morgan fingerprint density at radius 3 is 2.45 bits per heavy atom. The first-order valence-corrected chi connectivity index (χ1v) is 3.65. The number of rotatable bonds is 1. The minimum atomic E-state index is -0.540. The van der Waals surface area contributed by atoms with Crippen LogP contribution in [0.25, 0.3) is 0 Å². The molecule has 1 rings (SSSR count). The molecule has 0 heterocycles. The predicted octanol–water partition coefficient (Wildman–Crippen LogP) is 2.62. The summed E-state index contributed by atoms with van der Waals surface area (Å²) in [6, 6.07) is 2.51. The first-order chi connectivity index (χ1) is 5.16. The van der Waals surface area contributed by atoms with Gasteiger partial charge in [0.15, 0.2) is 0 Å². The van der Waals surface area contributed by atoms with Crippen LogP contribution in [0.2, 0.25) is 10.0 Å². The van der Waals surface area contributed by atoms with Gasteiger partial charge in [-0.1, -0.05) is 23.2 Å². The summed E-state index contributed by atoms with van der Waals surface area (Å²) in [5.74, 6) is -0.540. The number of aliphatic hydroxyl groups is 1. The van der Waals surface area contributed by atoms with Crippen LogP contribution in [0.5, 0.6) is 0 Å². The second-order valence-electron chi connectivity index (χ2n) is 1.98. The standard InChI is InChI=1S/C7H5Cl2FO/c8-5-1-2-6(10)4(3-11)7(5)9/h1-2,11H,3H2. The third-order valence-electron chi connectivity index (χ3n) is 1.30. The van der Waals surface area contributed by atoms with E-state index in [0.29, 0.717) is 0 Å². The van der Waals surface area contributed by atoms with Crippen molar-refractivity contribution in [2.24, 2.45) is 0 Å². The van der Waals surface area contributed by atoms with Crippen molar-refractivity contribution in [3.05, 3.63) is 33.6 Å². The minimum absolute atomic E-state index is 0.0409. The van der Waals surface area contributed by atoms with Gasteiger partial charge in [-0.05, 0) is 12.1 Å². The van der Waals surface area contributed by atoms with Crippen molar-refractivity contribution in [2.45, 2.75) is 6.61 Å². The van der Waals surface area contributed by atoms with Crippen LogP contribution in [-0.2, 0) is 6.61 Å². The number of hydrogen-bond donors (Lipinski definition) is 1. The highest BCUT2D eigenvalue weighted by molar-refractivity contribution is 6.42. The van der Waals surface area contributed by atoms with Gasteiger partial charge in [-0.2, -0.15) is 0 Å². The normalized spacial score (nSPS) is 10.2. The van der Waals surface area contributed by atoms with E-state index in [0.717, 1.165) is 0 Å². The van der Waals surface area contributed by atoms with Crippen LogP contribution in [-0.4, -0.2) is 5.11 Å². The molecule has 0 fully saturated rings. The summed E-state index contributed by atoms with van der Waals surface area (Å²) in [7, 11) is 0. The van der Waals surface area contributed by atoms with Crippen molar-refractivity contribution in [3.63, 3.8) is 0 Å². The molecule has 0 spiro atoms. The molecule has 1 N–H and O–H groups in total. The average Bonchev–Trinajstić information content (AvgIpc) is 1.99. The summed E-state index contributed by atoms with van der Waals surface area (Å²) in [6.45, 7) is -0.439. The maximum Gasteiger partial charge on any atom is 0.130 e. The highest BCUT2D eigenvalue weighted by Gasteiger charge is 2.08. The third-order valence-corrected chi connectivity index (χ3v) is 2.14. The van der Waals surface area contributed by atoms with Crippen LogP contribution < -0.4 is 0 Å². The molecule has 0 aromatic heterocycles. The highest BCUT2D eigenvalue weighted by atomic mass is 35.5. The second kappa shape index (κ2) is 3.39. The molecule has 1 aromatic rings. The molecule has 0 aliphatic carbocycles. The van der Waals surface area contributed by atoms with E-state index in [-0.39, 0.29) is 15.6 Å². The van der Waals surface area contributed by atoms with E-state index >= 15 is 0 Å². The van der Waals surface area contributed by atoms with Crippen LogP contribution in [0.15, 0.2) is 12.1 Å². The molecule has 0 bridgehead atoms. The average molecular weight is 195 g/mol. The highest BCUT2D eigenvalue weighted by Crippen LogP contribution is 2.27. The van der Waals surface area contributed by atoms with E-state index in [1.54, 1.807) is 0 Å². The molecule has 60 valence electrons. The van der Waals surface area contributed by atoms with E-state index < -0.39 is 12.4 Å². The molecule has 0 aliphatic heterocycles. The summed E-state index contributed by atoms with van der Waals surface area (Å²) in [5.41, 5.74) is 0.0409. The Morgan fingerprint density at radius 1 is 1.36 bits per heavy atom. The summed E-state index contributed by atoms with van der Waals surface area (Å²) in [4.78, 5) is 0. The fraction of sp³-hybridized carbons (Fsp3) is 0.143. The molecule has 11 heavy (non-hydrogen) atoms. The van der Waals surface area contributed by atoms with Gasteiger partial charge >= 0.3 is 0 Å². The zero-order chi connectivity index (χ0) is 8.43. The lowest BCUT2D eigenvalue weighted by atomic mass is 10.2. The van der Waals surface area contributed by atoms with Gasteiger partial charge in [0.25, 0.3) is 0 Å². The third kappa shape index (κ3) is 1.64. The number of aliphatic hydroxyl groups excluding tert-OH is 1. The topological polar surface area (TPSA) is 20.2 Å². The first-order valence-electron chi connectivity index (χ1n) is 2.90. The van der Waals surface area contributed by atoms with Crippen molar-refractivity contribution >= 4 is 23.2 Å². The van der Waals surface area contributed by atoms with Gasteiger partial charge in [-0.15, -0.1) is 0 Å². The molecule has 0 saturated heterocycles. The Bertz CT molecular complexity index is 275. The molecule has 1 aromatic carbocycles. The Balaban J connectivity index is 3.29. The van der Waals surface area contributed by atoms with Crippen LogP contribution in [0.4, 0.5) is 4.39 Å². The molecule has 0 aliphatic rings. The van der Waals surface area contributed by atoms with Crippen molar-refractivity contribution in [3.8, 4) is 0 Å². The van der Waals surface area contributed by atoms with Gasteiger partial charge in [0.1, 0.15) is 5.82 Å². The van der Waals surface area contributed by atoms with Gasteiger partial charge in [0, 0.05) is 5.56 Å². The number of hydrogen-bond acceptors (Lipinski definition) is 1. The first kappa shape index (κ1) is 8.78. The summed E-state index contributed by atoms with van der Waals surface area (Å²) in [6.07, 6.45) is 0. The van der Waals surface area contributed by atoms with Crippen molar-refractivity contribution in [1.29, 1.82) is 0 Å². The molecular weight excluding hydrogens is 190 g/mol. The van der Waals surface area contributed by atoms with Crippen molar-refractivity contribution in [1.82, 2.24) is 0 Å². The monoisotopic (exact) mass is 194 g/mol. The largest absolute Gasteiger partial charge is 0.392 e. The lowest BCUT2D eigenvalue weighted by Gasteiger charge is -2.02. The molecule has 0 amide bonds. The Morgan fingerprint density at radius 2 is 2.00 bits per heavy atom. The molecule has 0 radical (unpaired) electrons. The fourth-order valence-electron chi connectivity index (χ4n) is 0.714.